The summed E-state index contributed by atoms with van der Waals surface area (Å²) in [5, 5.41) is 6.27. The molecule has 0 bridgehead atoms. The first-order valence-electron chi connectivity index (χ1n) is 9.50. The monoisotopic (exact) mass is 414 g/mol. The molecule has 154 valence electrons. The first-order chi connectivity index (χ1) is 13.3. The summed E-state index contributed by atoms with van der Waals surface area (Å²) in [6, 6.07) is 0.373. The van der Waals surface area contributed by atoms with Crippen molar-refractivity contribution >= 4 is 27.7 Å². The van der Waals surface area contributed by atoms with Gasteiger partial charge in [0.1, 0.15) is 11.7 Å². The molecular weight excluding hydrogens is 391 g/mol. The molecule has 2 saturated heterocycles. The SMILES string of the molecule is O=C(Nc1cc(C2(F)CC2)no1)[C@@H]1CCCCN1C(=O)N1CCS(=O)(=O)CC1. The lowest BCUT2D eigenvalue weighted by atomic mass is 10.0. The van der Waals surface area contributed by atoms with Crippen LogP contribution in [0.4, 0.5) is 15.1 Å². The van der Waals surface area contributed by atoms with Crippen LogP contribution in [0.5, 0.6) is 0 Å². The highest BCUT2D eigenvalue weighted by Crippen LogP contribution is 2.49. The predicted molar refractivity (Wildman–Crippen MR) is 97.1 cm³/mol. The normalized spacial score (nSPS) is 26.0. The number of aromatic nitrogens is 1. The van der Waals surface area contributed by atoms with E-state index in [2.05, 4.69) is 10.5 Å². The van der Waals surface area contributed by atoms with Gasteiger partial charge >= 0.3 is 6.03 Å². The summed E-state index contributed by atoms with van der Waals surface area (Å²) in [5.74, 6) is -0.472. The molecule has 0 spiro atoms. The summed E-state index contributed by atoms with van der Waals surface area (Å²) in [5.41, 5.74) is -1.28. The Morgan fingerprint density at radius 3 is 2.61 bits per heavy atom. The molecule has 1 atom stereocenters. The zero-order valence-electron chi connectivity index (χ0n) is 15.4. The van der Waals surface area contributed by atoms with Crippen LogP contribution in [0.25, 0.3) is 0 Å². The highest BCUT2D eigenvalue weighted by atomic mass is 32.2. The van der Waals surface area contributed by atoms with Crippen molar-refractivity contribution in [2.75, 3.05) is 36.5 Å². The Hall–Kier alpha value is -2.17. The number of hydrogen-bond donors (Lipinski definition) is 1. The third-order valence-electron chi connectivity index (χ3n) is 5.57. The topological polar surface area (TPSA) is 113 Å². The molecule has 0 aromatic carbocycles. The summed E-state index contributed by atoms with van der Waals surface area (Å²) < 4.78 is 42.2. The van der Waals surface area contributed by atoms with Crippen LogP contribution in [0, 0.1) is 0 Å². The van der Waals surface area contributed by atoms with E-state index in [4.69, 9.17) is 4.52 Å². The third kappa shape index (κ3) is 3.85. The number of hydrogen-bond acceptors (Lipinski definition) is 6. The number of anilines is 1. The lowest BCUT2D eigenvalue weighted by Gasteiger charge is -2.39. The van der Waals surface area contributed by atoms with E-state index in [0.29, 0.717) is 25.8 Å². The fourth-order valence-electron chi connectivity index (χ4n) is 3.63. The van der Waals surface area contributed by atoms with Gasteiger partial charge < -0.3 is 14.3 Å². The van der Waals surface area contributed by atoms with Gasteiger partial charge in [-0.2, -0.15) is 0 Å². The number of urea groups is 1. The van der Waals surface area contributed by atoms with Gasteiger partial charge in [-0.1, -0.05) is 5.16 Å². The van der Waals surface area contributed by atoms with E-state index < -0.39 is 27.5 Å². The van der Waals surface area contributed by atoms with Gasteiger partial charge in [-0.3, -0.25) is 10.1 Å². The first-order valence-corrected chi connectivity index (χ1v) is 11.3. The minimum Gasteiger partial charge on any atom is -0.338 e. The van der Waals surface area contributed by atoms with E-state index in [0.717, 1.165) is 12.8 Å². The van der Waals surface area contributed by atoms with E-state index >= 15 is 0 Å². The molecule has 28 heavy (non-hydrogen) atoms. The first kappa shape index (κ1) is 19.2. The number of nitrogens with one attached hydrogen (secondary N) is 1. The molecule has 1 aromatic rings. The van der Waals surface area contributed by atoms with Gasteiger partial charge in [-0.15, -0.1) is 0 Å². The van der Waals surface area contributed by atoms with Crippen LogP contribution in [-0.4, -0.2) is 72.5 Å². The number of likely N-dealkylation sites (tertiary alicyclic amines) is 1. The molecule has 3 fully saturated rings. The minimum atomic E-state index is -3.10. The molecule has 1 aliphatic carbocycles. The predicted octanol–water partition coefficient (Wildman–Crippen LogP) is 1.28. The Morgan fingerprint density at radius 1 is 1.21 bits per heavy atom. The second kappa shape index (κ2) is 7.02. The van der Waals surface area contributed by atoms with Crippen LogP contribution in [0.3, 0.4) is 0 Å². The van der Waals surface area contributed by atoms with Crippen molar-refractivity contribution < 1.29 is 26.9 Å². The van der Waals surface area contributed by atoms with Crippen molar-refractivity contribution in [2.24, 2.45) is 0 Å². The molecule has 3 heterocycles. The average Bonchev–Trinajstić information content (AvgIpc) is 3.24. The number of nitrogens with zero attached hydrogens (tertiary/aromatic N) is 3. The van der Waals surface area contributed by atoms with Crippen LogP contribution in [0.15, 0.2) is 10.6 Å². The number of halogens is 1. The quantitative estimate of drug-likeness (QED) is 0.797. The molecule has 1 saturated carbocycles. The highest BCUT2D eigenvalue weighted by Gasteiger charge is 2.48. The molecule has 1 aromatic heterocycles. The van der Waals surface area contributed by atoms with E-state index in [1.54, 1.807) is 0 Å². The Balaban J connectivity index is 1.42. The molecular formula is C17H23FN4O5S. The standard InChI is InChI=1S/C17H23FN4O5S/c18-17(4-5-17)13-11-14(27-20-13)19-15(23)12-3-1-2-6-22(12)16(24)21-7-9-28(25,26)10-8-21/h11-12H,1-10H2,(H,19,23)/t12-/m0/s1. The largest absolute Gasteiger partial charge is 0.338 e. The van der Waals surface area contributed by atoms with Crippen LogP contribution < -0.4 is 5.32 Å². The zero-order valence-corrected chi connectivity index (χ0v) is 16.2. The minimum absolute atomic E-state index is 0.0603. The molecule has 11 heteroatoms. The smallest absolute Gasteiger partial charge is 0.320 e. The fraction of sp³-hybridized carbons (Fsp3) is 0.706. The number of amides is 3. The molecule has 3 amide bonds. The van der Waals surface area contributed by atoms with E-state index in [-0.39, 0.29) is 42.2 Å². The summed E-state index contributed by atoms with van der Waals surface area (Å²) in [4.78, 5) is 28.6. The van der Waals surface area contributed by atoms with Crippen LogP contribution in [0.1, 0.15) is 37.8 Å². The number of carbonyl (C=O) groups is 2. The molecule has 4 rings (SSSR count). The van der Waals surface area contributed by atoms with Gasteiger partial charge in [0.15, 0.2) is 15.5 Å². The lowest BCUT2D eigenvalue weighted by Crippen LogP contribution is -2.56. The number of sulfone groups is 1. The van der Waals surface area contributed by atoms with Crippen LogP contribution >= 0.6 is 0 Å². The van der Waals surface area contributed by atoms with Crippen molar-refractivity contribution in [1.82, 2.24) is 15.0 Å². The Kier molecular flexibility index (Phi) is 4.80. The maximum atomic E-state index is 14.0. The number of rotatable bonds is 3. The van der Waals surface area contributed by atoms with Gasteiger partial charge in [0.05, 0.1) is 11.5 Å². The molecule has 9 nitrogen and oxygen atoms in total. The molecule has 3 aliphatic rings. The molecule has 1 N–H and O–H groups in total. The molecule has 0 unspecified atom stereocenters. The second-order valence-electron chi connectivity index (χ2n) is 7.66. The van der Waals surface area contributed by atoms with Gasteiger partial charge in [0, 0.05) is 25.7 Å². The summed E-state index contributed by atoms with van der Waals surface area (Å²) in [6.07, 6.45) is 2.86. The zero-order chi connectivity index (χ0) is 19.9. The van der Waals surface area contributed by atoms with Crippen LogP contribution in [0.2, 0.25) is 0 Å². The third-order valence-corrected chi connectivity index (χ3v) is 7.18. The van der Waals surface area contributed by atoms with E-state index in [1.807, 2.05) is 0 Å². The highest BCUT2D eigenvalue weighted by molar-refractivity contribution is 7.91. The van der Waals surface area contributed by atoms with Crippen molar-refractivity contribution in [1.29, 1.82) is 0 Å². The van der Waals surface area contributed by atoms with Gasteiger partial charge in [0.25, 0.3) is 0 Å². The van der Waals surface area contributed by atoms with E-state index in [1.165, 1.54) is 15.9 Å². The van der Waals surface area contributed by atoms with Gasteiger partial charge in [0.2, 0.25) is 11.8 Å². The van der Waals surface area contributed by atoms with Crippen molar-refractivity contribution in [2.45, 2.75) is 43.8 Å². The Bertz CT molecular complexity index is 868. The average molecular weight is 414 g/mol. The number of piperidine rings is 1. The molecule has 0 radical (unpaired) electrons. The number of alkyl halides is 1. The van der Waals surface area contributed by atoms with Crippen molar-refractivity contribution in [3.63, 3.8) is 0 Å². The second-order valence-corrected chi connectivity index (χ2v) is 9.96. The van der Waals surface area contributed by atoms with Crippen LogP contribution in [-0.2, 0) is 20.3 Å². The van der Waals surface area contributed by atoms with E-state index in [9.17, 15) is 22.4 Å². The van der Waals surface area contributed by atoms with Crippen molar-refractivity contribution in [3.05, 3.63) is 11.8 Å². The lowest BCUT2D eigenvalue weighted by molar-refractivity contribution is -0.121. The summed E-state index contributed by atoms with van der Waals surface area (Å²) in [6.45, 7) is 0.696. The fourth-order valence-corrected chi connectivity index (χ4v) is 4.84. The maximum absolute atomic E-state index is 14.0. The maximum Gasteiger partial charge on any atom is 0.320 e. The Morgan fingerprint density at radius 2 is 1.93 bits per heavy atom. The number of carbonyl (C=O) groups excluding carboxylic acids is 2. The Labute approximate surface area is 162 Å². The van der Waals surface area contributed by atoms with Crippen molar-refractivity contribution in [3.8, 4) is 0 Å². The molecule has 2 aliphatic heterocycles. The van der Waals surface area contributed by atoms with Gasteiger partial charge in [-0.05, 0) is 32.1 Å². The van der Waals surface area contributed by atoms with Gasteiger partial charge in [-0.25, -0.2) is 17.6 Å². The summed E-state index contributed by atoms with van der Waals surface area (Å²) >= 11 is 0. The summed E-state index contributed by atoms with van der Waals surface area (Å²) in [7, 11) is -3.10.